The van der Waals surface area contributed by atoms with E-state index >= 15 is 0 Å². The van der Waals surface area contributed by atoms with Crippen LogP contribution in [-0.2, 0) is 28.9 Å². The van der Waals surface area contributed by atoms with Crippen LogP contribution in [0.4, 0.5) is 11.4 Å². The van der Waals surface area contributed by atoms with Gasteiger partial charge in [0.05, 0.1) is 11.4 Å². The first-order chi connectivity index (χ1) is 10.7. The number of carbonyl (C=O) groups excluding carboxylic acids is 2. The van der Waals surface area contributed by atoms with Gasteiger partial charge in [0.1, 0.15) is 0 Å². The minimum absolute atomic E-state index is 0.646. The molecule has 0 bridgehead atoms. The third-order valence-corrected chi connectivity index (χ3v) is 3.66. The molecular formula is C18H24N2O2. The van der Waals surface area contributed by atoms with Crippen molar-refractivity contribution in [1.82, 2.24) is 0 Å². The molecular weight excluding hydrogens is 276 g/mol. The smallest absolute Gasteiger partial charge is 0.211 e. The molecule has 0 atom stereocenters. The summed E-state index contributed by atoms with van der Waals surface area (Å²) in [6.45, 7) is 6.28. The third-order valence-electron chi connectivity index (χ3n) is 3.66. The highest BCUT2D eigenvalue weighted by molar-refractivity contribution is 5.72. The zero-order valence-electron chi connectivity index (χ0n) is 13.7. The maximum absolute atomic E-state index is 10.8. The lowest BCUT2D eigenvalue weighted by Gasteiger charge is -2.16. The predicted molar refractivity (Wildman–Crippen MR) is 88.6 cm³/mol. The number of rotatable bonds is 9. The molecule has 0 fully saturated rings. The van der Waals surface area contributed by atoms with Crippen LogP contribution in [0.2, 0.25) is 0 Å². The molecule has 0 unspecified atom stereocenters. The fraction of sp³-hybridized carbons (Fsp3) is 0.556. The van der Waals surface area contributed by atoms with E-state index in [2.05, 4.69) is 30.8 Å². The van der Waals surface area contributed by atoms with Gasteiger partial charge in [0.2, 0.25) is 12.2 Å². The second kappa shape index (κ2) is 9.83. The summed E-state index contributed by atoms with van der Waals surface area (Å²) >= 11 is 0. The number of aliphatic imine (C=N–C) groups is 2. The van der Waals surface area contributed by atoms with Crippen molar-refractivity contribution < 1.29 is 9.59 Å². The van der Waals surface area contributed by atoms with E-state index in [1.54, 1.807) is 12.2 Å². The molecule has 1 aromatic rings. The van der Waals surface area contributed by atoms with Gasteiger partial charge in [-0.15, -0.1) is 0 Å². The van der Waals surface area contributed by atoms with E-state index in [1.165, 1.54) is 0 Å². The first kappa shape index (κ1) is 18.0. The molecule has 118 valence electrons. The molecule has 0 aliphatic carbocycles. The number of aryl methyl sites for hydroxylation is 2. The zero-order valence-corrected chi connectivity index (χ0v) is 13.7. The molecule has 0 amide bonds. The first-order valence-corrected chi connectivity index (χ1v) is 8.06. The number of isocyanates is 2. The van der Waals surface area contributed by atoms with Gasteiger partial charge in [-0.3, -0.25) is 0 Å². The van der Waals surface area contributed by atoms with Crippen molar-refractivity contribution in [2.75, 3.05) is 0 Å². The van der Waals surface area contributed by atoms with E-state index in [-0.39, 0.29) is 0 Å². The second-order valence-corrected chi connectivity index (χ2v) is 5.38. The number of benzene rings is 1. The number of nitrogens with zero attached hydrogens (tertiary/aromatic N) is 2. The Bertz CT molecular complexity index is 596. The van der Waals surface area contributed by atoms with Crippen LogP contribution in [0, 0.1) is 0 Å². The Labute approximate surface area is 132 Å². The molecule has 0 aliphatic heterocycles. The average Bonchev–Trinajstić information content (AvgIpc) is 2.51. The molecule has 4 heteroatoms. The molecule has 0 spiro atoms. The monoisotopic (exact) mass is 300 g/mol. The van der Waals surface area contributed by atoms with Crippen molar-refractivity contribution in [3.05, 3.63) is 22.8 Å². The number of unbranched alkanes of at least 4 members (excludes halogenated alkanes) is 1. The largest absolute Gasteiger partial charge is 0.240 e. The maximum Gasteiger partial charge on any atom is 0.240 e. The lowest BCUT2D eigenvalue weighted by atomic mass is 9.92. The fourth-order valence-corrected chi connectivity index (χ4v) is 2.72. The molecule has 0 N–H and O–H groups in total. The molecule has 4 nitrogen and oxygen atoms in total. The SMILES string of the molecule is CCCCc1cc(CCC)c(N=C=O)c(CCC)c1N=C=O. The van der Waals surface area contributed by atoms with Crippen molar-refractivity contribution in [1.29, 1.82) is 0 Å². The second-order valence-electron chi connectivity index (χ2n) is 5.38. The van der Waals surface area contributed by atoms with Crippen LogP contribution in [0.15, 0.2) is 16.1 Å². The fourth-order valence-electron chi connectivity index (χ4n) is 2.72. The molecule has 22 heavy (non-hydrogen) atoms. The van der Waals surface area contributed by atoms with Crippen molar-refractivity contribution in [3.8, 4) is 0 Å². The van der Waals surface area contributed by atoms with E-state index in [4.69, 9.17) is 0 Å². The van der Waals surface area contributed by atoms with Crippen molar-refractivity contribution in [3.63, 3.8) is 0 Å². The standard InChI is InChI=1S/C18H24N2O2/c1-4-7-10-15-11-14(8-5-2)17(19-12-21)16(9-6-3)18(15)20-13-22/h11H,4-10H2,1-3H3. The van der Waals surface area contributed by atoms with Gasteiger partial charge in [-0.2, -0.15) is 9.98 Å². The molecule has 0 aromatic heterocycles. The summed E-state index contributed by atoms with van der Waals surface area (Å²) in [6, 6.07) is 2.05. The Balaban J connectivity index is 3.62. The zero-order chi connectivity index (χ0) is 16.4. The van der Waals surface area contributed by atoms with E-state index in [9.17, 15) is 9.59 Å². The van der Waals surface area contributed by atoms with E-state index in [0.717, 1.165) is 61.6 Å². The number of hydrogen-bond donors (Lipinski definition) is 0. The molecule has 0 aliphatic rings. The molecule has 1 aromatic carbocycles. The summed E-state index contributed by atoms with van der Waals surface area (Å²) in [6.07, 6.45) is 9.73. The van der Waals surface area contributed by atoms with Gasteiger partial charge in [-0.25, -0.2) is 9.59 Å². The van der Waals surface area contributed by atoms with Crippen LogP contribution in [0.5, 0.6) is 0 Å². The molecule has 0 saturated heterocycles. The van der Waals surface area contributed by atoms with Crippen molar-refractivity contribution in [2.24, 2.45) is 9.98 Å². The molecule has 0 heterocycles. The van der Waals surface area contributed by atoms with Gasteiger partial charge in [0, 0.05) is 5.56 Å². The summed E-state index contributed by atoms with van der Waals surface area (Å²) in [5.41, 5.74) is 4.28. The van der Waals surface area contributed by atoms with E-state index < -0.39 is 0 Å². The van der Waals surface area contributed by atoms with Gasteiger partial charge in [0.25, 0.3) is 0 Å². The van der Waals surface area contributed by atoms with E-state index in [0.29, 0.717) is 11.4 Å². The Kier molecular flexibility index (Phi) is 8.06. The van der Waals surface area contributed by atoms with Gasteiger partial charge in [-0.1, -0.05) is 46.1 Å². The van der Waals surface area contributed by atoms with Crippen molar-refractivity contribution in [2.45, 2.75) is 65.7 Å². The highest BCUT2D eigenvalue weighted by Crippen LogP contribution is 2.38. The quantitative estimate of drug-likeness (QED) is 0.482. The summed E-state index contributed by atoms with van der Waals surface area (Å²) in [5, 5.41) is 0. The van der Waals surface area contributed by atoms with Crippen LogP contribution in [-0.4, -0.2) is 12.2 Å². The van der Waals surface area contributed by atoms with Gasteiger partial charge < -0.3 is 0 Å². The van der Waals surface area contributed by atoms with E-state index in [1.807, 2.05) is 6.07 Å². The predicted octanol–water partition coefficient (Wildman–Crippen LogP) is 4.87. The summed E-state index contributed by atoms with van der Waals surface area (Å²) in [7, 11) is 0. The van der Waals surface area contributed by atoms with Crippen LogP contribution < -0.4 is 0 Å². The molecule has 0 radical (unpaired) electrons. The van der Waals surface area contributed by atoms with Gasteiger partial charge in [0.15, 0.2) is 0 Å². The maximum atomic E-state index is 10.8. The minimum Gasteiger partial charge on any atom is -0.211 e. The van der Waals surface area contributed by atoms with Crippen LogP contribution in [0.1, 0.15) is 63.1 Å². The Hall–Kier alpha value is -2.02. The Morgan fingerprint density at radius 2 is 1.36 bits per heavy atom. The highest BCUT2D eigenvalue weighted by Gasteiger charge is 2.17. The summed E-state index contributed by atoms with van der Waals surface area (Å²) < 4.78 is 0. The normalized spacial score (nSPS) is 9.95. The summed E-state index contributed by atoms with van der Waals surface area (Å²) in [5.74, 6) is 0. The van der Waals surface area contributed by atoms with Crippen molar-refractivity contribution >= 4 is 23.5 Å². The van der Waals surface area contributed by atoms with Gasteiger partial charge >= 0.3 is 0 Å². The Morgan fingerprint density at radius 1 is 0.818 bits per heavy atom. The third kappa shape index (κ3) is 4.49. The lowest BCUT2D eigenvalue weighted by molar-refractivity contribution is 0.564. The van der Waals surface area contributed by atoms with Gasteiger partial charge in [-0.05, 0) is 36.8 Å². The Morgan fingerprint density at radius 3 is 1.82 bits per heavy atom. The van der Waals surface area contributed by atoms with Crippen LogP contribution >= 0.6 is 0 Å². The summed E-state index contributed by atoms with van der Waals surface area (Å²) in [4.78, 5) is 29.5. The average molecular weight is 300 g/mol. The van der Waals surface area contributed by atoms with Crippen LogP contribution in [0.3, 0.4) is 0 Å². The first-order valence-electron chi connectivity index (χ1n) is 8.06. The molecule has 1 rings (SSSR count). The minimum atomic E-state index is 0.646. The highest BCUT2D eigenvalue weighted by atomic mass is 16.1. The van der Waals surface area contributed by atoms with Crippen LogP contribution in [0.25, 0.3) is 0 Å². The molecule has 0 saturated carbocycles. The topological polar surface area (TPSA) is 58.9 Å². The number of hydrogen-bond acceptors (Lipinski definition) is 4. The lowest BCUT2D eigenvalue weighted by Crippen LogP contribution is -1.98.